The van der Waals surface area contributed by atoms with Crippen molar-refractivity contribution in [2.24, 2.45) is 5.92 Å². The van der Waals surface area contributed by atoms with Crippen LogP contribution in [0.1, 0.15) is 43.7 Å². The normalized spacial score (nSPS) is 14.3. The second-order valence-electron chi connectivity index (χ2n) is 8.70. The van der Waals surface area contributed by atoms with Crippen LogP contribution in [0.15, 0.2) is 60.9 Å². The topological polar surface area (TPSA) is 84.2 Å². The first-order chi connectivity index (χ1) is 16.1. The molecule has 1 aliphatic rings. The van der Waals surface area contributed by atoms with Gasteiger partial charge in [-0.1, -0.05) is 55.8 Å². The van der Waals surface area contributed by atoms with Crippen LogP contribution >= 0.6 is 0 Å². The summed E-state index contributed by atoms with van der Waals surface area (Å²) in [5, 5.41) is 15.2. The standard InChI is InChI=1S/C26H31N5O2/c1-2-3-7-20-10-12-23(13-11-20)29-25-24(31(32)33)26(28-19-27-25)30-16-14-22(15-17-30)18-21-8-5-4-6-9-21/h4-6,8-13,19,22H,2-3,7,14-18H2,1H3,(H,27,28,29). The first-order valence-corrected chi connectivity index (χ1v) is 11.8. The van der Waals surface area contributed by atoms with Gasteiger partial charge in [-0.2, -0.15) is 0 Å². The van der Waals surface area contributed by atoms with E-state index in [0.29, 0.717) is 11.7 Å². The number of hydrogen-bond donors (Lipinski definition) is 1. The van der Waals surface area contributed by atoms with Crippen LogP contribution in [-0.4, -0.2) is 28.0 Å². The summed E-state index contributed by atoms with van der Waals surface area (Å²) >= 11 is 0. The molecular formula is C26H31N5O2. The van der Waals surface area contributed by atoms with E-state index in [9.17, 15) is 10.1 Å². The Kier molecular flexibility index (Phi) is 7.50. The van der Waals surface area contributed by atoms with Crippen molar-refractivity contribution in [3.63, 3.8) is 0 Å². The first kappa shape index (κ1) is 22.7. The summed E-state index contributed by atoms with van der Waals surface area (Å²) in [5.74, 6) is 1.21. The molecule has 0 unspecified atom stereocenters. The van der Waals surface area contributed by atoms with Gasteiger partial charge in [-0.3, -0.25) is 10.1 Å². The zero-order valence-electron chi connectivity index (χ0n) is 19.1. The van der Waals surface area contributed by atoms with E-state index < -0.39 is 0 Å². The highest BCUT2D eigenvalue weighted by Crippen LogP contribution is 2.35. The number of unbranched alkanes of at least 4 members (excludes halogenated alkanes) is 1. The molecule has 1 saturated heterocycles. The van der Waals surface area contributed by atoms with Gasteiger partial charge in [0.05, 0.1) is 4.92 Å². The van der Waals surface area contributed by atoms with Crippen molar-refractivity contribution in [2.75, 3.05) is 23.3 Å². The fourth-order valence-corrected chi connectivity index (χ4v) is 4.43. The van der Waals surface area contributed by atoms with Crippen molar-refractivity contribution in [3.05, 3.63) is 82.2 Å². The molecule has 0 spiro atoms. The molecule has 0 atom stereocenters. The Morgan fingerprint density at radius 1 is 1.03 bits per heavy atom. The molecule has 1 N–H and O–H groups in total. The zero-order valence-corrected chi connectivity index (χ0v) is 19.1. The third-order valence-corrected chi connectivity index (χ3v) is 6.30. The summed E-state index contributed by atoms with van der Waals surface area (Å²) in [4.78, 5) is 22.2. The predicted molar refractivity (Wildman–Crippen MR) is 132 cm³/mol. The molecule has 0 amide bonds. The van der Waals surface area contributed by atoms with Crippen LogP contribution in [0, 0.1) is 16.0 Å². The smallest absolute Gasteiger partial charge is 0.351 e. The van der Waals surface area contributed by atoms with Crippen LogP contribution < -0.4 is 10.2 Å². The Bertz CT molecular complexity index is 1050. The lowest BCUT2D eigenvalue weighted by atomic mass is 9.90. The summed E-state index contributed by atoms with van der Waals surface area (Å²) in [6.45, 7) is 3.68. The van der Waals surface area contributed by atoms with Gasteiger partial charge >= 0.3 is 5.69 Å². The van der Waals surface area contributed by atoms with Crippen LogP contribution in [-0.2, 0) is 12.8 Å². The highest BCUT2D eigenvalue weighted by molar-refractivity contribution is 5.74. The van der Waals surface area contributed by atoms with Crippen LogP contribution in [0.4, 0.5) is 23.0 Å². The van der Waals surface area contributed by atoms with Gasteiger partial charge in [-0.05, 0) is 61.3 Å². The average Bonchev–Trinajstić information content (AvgIpc) is 2.84. The summed E-state index contributed by atoms with van der Waals surface area (Å²) in [7, 11) is 0. The molecule has 3 aromatic rings. The highest BCUT2D eigenvalue weighted by atomic mass is 16.6. The Morgan fingerprint density at radius 2 is 1.76 bits per heavy atom. The molecule has 0 saturated carbocycles. The van der Waals surface area contributed by atoms with Crippen molar-refractivity contribution < 1.29 is 4.92 Å². The maximum absolute atomic E-state index is 12.0. The van der Waals surface area contributed by atoms with Gasteiger partial charge in [0.2, 0.25) is 11.6 Å². The molecule has 0 aliphatic carbocycles. The number of nitrogens with zero attached hydrogens (tertiary/aromatic N) is 4. The van der Waals surface area contributed by atoms with Crippen molar-refractivity contribution in [1.82, 2.24) is 9.97 Å². The molecule has 1 fully saturated rings. The molecule has 0 bridgehead atoms. The zero-order chi connectivity index (χ0) is 23.0. The van der Waals surface area contributed by atoms with E-state index in [2.05, 4.69) is 58.6 Å². The lowest BCUT2D eigenvalue weighted by Crippen LogP contribution is -2.35. The quantitative estimate of drug-likeness (QED) is 0.325. The third-order valence-electron chi connectivity index (χ3n) is 6.30. The Hall–Kier alpha value is -3.48. The molecule has 33 heavy (non-hydrogen) atoms. The number of benzene rings is 2. The lowest BCUT2D eigenvalue weighted by molar-refractivity contribution is -0.383. The van der Waals surface area contributed by atoms with Gasteiger partial charge in [0.15, 0.2) is 0 Å². The predicted octanol–water partition coefficient (Wildman–Crippen LogP) is 5.93. The molecule has 0 radical (unpaired) electrons. The number of aromatic nitrogens is 2. The minimum atomic E-state index is -0.372. The first-order valence-electron chi connectivity index (χ1n) is 11.8. The molecule has 2 aromatic carbocycles. The number of nitrogens with one attached hydrogen (secondary N) is 1. The van der Waals surface area contributed by atoms with Gasteiger partial charge in [0.25, 0.3) is 0 Å². The number of rotatable bonds is 9. The monoisotopic (exact) mass is 445 g/mol. The highest BCUT2D eigenvalue weighted by Gasteiger charge is 2.30. The summed E-state index contributed by atoms with van der Waals surface area (Å²) in [5.41, 5.74) is 3.33. The number of piperidine rings is 1. The van der Waals surface area contributed by atoms with Crippen molar-refractivity contribution in [1.29, 1.82) is 0 Å². The molecule has 7 nitrogen and oxygen atoms in total. The fourth-order valence-electron chi connectivity index (χ4n) is 4.43. The van der Waals surface area contributed by atoms with Crippen molar-refractivity contribution in [3.8, 4) is 0 Å². The lowest BCUT2D eigenvalue weighted by Gasteiger charge is -2.32. The van der Waals surface area contributed by atoms with Crippen LogP contribution in [0.25, 0.3) is 0 Å². The SMILES string of the molecule is CCCCc1ccc(Nc2ncnc(N3CCC(Cc4ccccc4)CC3)c2[N+](=O)[O-])cc1. The maximum atomic E-state index is 12.0. The second-order valence-corrected chi connectivity index (χ2v) is 8.70. The maximum Gasteiger partial charge on any atom is 0.353 e. The van der Waals surface area contributed by atoms with Gasteiger partial charge in [-0.15, -0.1) is 0 Å². The number of hydrogen-bond acceptors (Lipinski definition) is 6. The van der Waals surface area contributed by atoms with Gasteiger partial charge in [0, 0.05) is 18.8 Å². The van der Waals surface area contributed by atoms with E-state index >= 15 is 0 Å². The summed E-state index contributed by atoms with van der Waals surface area (Å²) in [6.07, 6.45) is 7.76. The number of aryl methyl sites for hydroxylation is 1. The Labute approximate surface area is 195 Å². The number of nitro groups is 1. The molecule has 2 heterocycles. The van der Waals surface area contributed by atoms with Crippen LogP contribution in [0.2, 0.25) is 0 Å². The molecule has 7 heteroatoms. The fraction of sp³-hybridized carbons (Fsp3) is 0.385. The van der Waals surface area contributed by atoms with Crippen molar-refractivity contribution >= 4 is 23.0 Å². The minimum absolute atomic E-state index is 0.0610. The van der Waals surface area contributed by atoms with Crippen molar-refractivity contribution in [2.45, 2.75) is 45.4 Å². The van der Waals surface area contributed by atoms with E-state index in [4.69, 9.17) is 0 Å². The van der Waals surface area contributed by atoms with Crippen LogP contribution in [0.3, 0.4) is 0 Å². The van der Waals surface area contributed by atoms with Gasteiger partial charge in [0.1, 0.15) is 6.33 Å². The third kappa shape index (κ3) is 5.86. The molecule has 4 rings (SSSR count). The minimum Gasteiger partial charge on any atom is -0.351 e. The van der Waals surface area contributed by atoms with E-state index in [0.717, 1.165) is 57.3 Å². The van der Waals surface area contributed by atoms with E-state index in [-0.39, 0.29) is 16.4 Å². The van der Waals surface area contributed by atoms with E-state index in [1.54, 1.807) is 0 Å². The van der Waals surface area contributed by atoms with Gasteiger partial charge in [-0.25, -0.2) is 9.97 Å². The molecular weight excluding hydrogens is 414 g/mol. The average molecular weight is 446 g/mol. The molecule has 172 valence electrons. The Morgan fingerprint density at radius 3 is 2.42 bits per heavy atom. The largest absolute Gasteiger partial charge is 0.353 e. The number of anilines is 3. The summed E-state index contributed by atoms with van der Waals surface area (Å²) < 4.78 is 0. The molecule has 1 aromatic heterocycles. The molecule has 1 aliphatic heterocycles. The van der Waals surface area contributed by atoms with Gasteiger partial charge < -0.3 is 10.2 Å². The van der Waals surface area contributed by atoms with Crippen LogP contribution in [0.5, 0.6) is 0 Å². The second kappa shape index (κ2) is 10.9. The Balaban J connectivity index is 1.46. The van der Waals surface area contributed by atoms with E-state index in [1.165, 1.54) is 17.5 Å². The summed E-state index contributed by atoms with van der Waals surface area (Å²) in [6, 6.07) is 18.5. The van der Waals surface area contributed by atoms with E-state index in [1.807, 2.05) is 23.1 Å².